The van der Waals surface area contributed by atoms with Gasteiger partial charge in [-0.05, 0) is 68.4 Å². The van der Waals surface area contributed by atoms with Gasteiger partial charge in [-0.1, -0.05) is 20.3 Å². The van der Waals surface area contributed by atoms with Gasteiger partial charge in [0.25, 0.3) is 5.91 Å². The van der Waals surface area contributed by atoms with Crippen LogP contribution in [0.2, 0.25) is 0 Å². The lowest BCUT2D eigenvalue weighted by Gasteiger charge is -2.18. The molecular weight excluding hydrogens is 438 g/mol. The maximum absolute atomic E-state index is 13.0. The Hall–Kier alpha value is -2.62. The van der Waals surface area contributed by atoms with Crippen molar-refractivity contribution in [1.29, 1.82) is 0 Å². The molecule has 9 heteroatoms. The number of carbonyl (C=O) groups excluding carboxylic acids is 2. The van der Waals surface area contributed by atoms with Crippen LogP contribution < -0.4 is 26.4 Å². The van der Waals surface area contributed by atoms with E-state index in [4.69, 9.17) is 10.5 Å². The van der Waals surface area contributed by atoms with Crippen LogP contribution in [0.15, 0.2) is 30.3 Å². The van der Waals surface area contributed by atoms with E-state index < -0.39 is 6.03 Å². The molecule has 1 aromatic carbocycles. The average molecular weight is 474 g/mol. The monoisotopic (exact) mass is 473 g/mol. The molecule has 1 fully saturated rings. The first-order chi connectivity index (χ1) is 16.0. The number of nitrogens with one attached hydrogen (secondary N) is 3. The number of anilines is 1. The fourth-order valence-electron chi connectivity index (χ4n) is 3.86. The highest BCUT2D eigenvalue weighted by Crippen LogP contribution is 2.36. The zero-order chi connectivity index (χ0) is 23.6. The first-order valence-corrected chi connectivity index (χ1v) is 12.5. The molecule has 33 heavy (non-hydrogen) atoms. The highest BCUT2D eigenvalue weighted by molar-refractivity contribution is 7.20. The van der Waals surface area contributed by atoms with Crippen molar-refractivity contribution < 1.29 is 14.3 Å². The van der Waals surface area contributed by atoms with Crippen LogP contribution in [0.3, 0.4) is 0 Å². The zero-order valence-electron chi connectivity index (χ0n) is 19.5. The SMILES string of the molecule is CCN(CC)CCOc1ccc(-c2cc(C(=O)NC3CCCCNC3)c(NC(N)=O)s2)cc1. The van der Waals surface area contributed by atoms with Crippen molar-refractivity contribution in [3.05, 3.63) is 35.9 Å². The van der Waals surface area contributed by atoms with Crippen LogP contribution in [-0.2, 0) is 0 Å². The lowest BCUT2D eigenvalue weighted by Crippen LogP contribution is -2.41. The standard InChI is InChI=1S/C24H35N5O3S/c1-3-29(4-2)13-14-32-19-10-8-17(9-11-19)21-15-20(23(33-21)28-24(25)31)22(30)27-18-7-5-6-12-26-16-18/h8-11,15,18,26H,3-7,12-14,16H2,1-2H3,(H,27,30)(H3,25,28,31). The van der Waals surface area contributed by atoms with Crippen LogP contribution in [0.25, 0.3) is 10.4 Å². The Kier molecular flexibility index (Phi) is 9.53. The Morgan fingerprint density at radius 2 is 1.97 bits per heavy atom. The number of ether oxygens (including phenoxy) is 1. The predicted octanol–water partition coefficient (Wildman–Crippen LogP) is 3.50. The molecule has 1 aliphatic rings. The van der Waals surface area contributed by atoms with Gasteiger partial charge in [-0.15, -0.1) is 11.3 Å². The summed E-state index contributed by atoms with van der Waals surface area (Å²) in [5.74, 6) is 0.600. The first-order valence-electron chi connectivity index (χ1n) is 11.7. The van der Waals surface area contributed by atoms with E-state index in [1.54, 1.807) is 0 Å². The maximum atomic E-state index is 13.0. The van der Waals surface area contributed by atoms with Crippen LogP contribution >= 0.6 is 11.3 Å². The van der Waals surface area contributed by atoms with E-state index in [1.807, 2.05) is 30.3 Å². The van der Waals surface area contributed by atoms with Crippen molar-refractivity contribution in [2.45, 2.75) is 39.2 Å². The summed E-state index contributed by atoms with van der Waals surface area (Å²) in [6.45, 7) is 9.53. The van der Waals surface area contributed by atoms with Gasteiger partial charge in [0.05, 0.1) is 5.56 Å². The quantitative estimate of drug-likeness (QED) is 0.422. The molecule has 0 spiro atoms. The number of nitrogens with zero attached hydrogens (tertiary/aromatic N) is 1. The highest BCUT2D eigenvalue weighted by Gasteiger charge is 2.21. The molecule has 3 rings (SSSR count). The molecule has 0 aliphatic carbocycles. The van der Waals surface area contributed by atoms with E-state index in [9.17, 15) is 9.59 Å². The molecule has 1 aromatic heterocycles. The molecule has 1 atom stereocenters. The smallest absolute Gasteiger partial charge is 0.317 e. The van der Waals surface area contributed by atoms with Crippen molar-refractivity contribution >= 4 is 28.3 Å². The molecule has 5 N–H and O–H groups in total. The van der Waals surface area contributed by atoms with E-state index in [0.29, 0.717) is 17.2 Å². The second-order valence-corrected chi connectivity index (χ2v) is 9.16. The summed E-state index contributed by atoms with van der Waals surface area (Å²) in [5, 5.41) is 9.50. The fourth-order valence-corrected chi connectivity index (χ4v) is 4.92. The number of rotatable bonds is 10. The molecule has 0 saturated carbocycles. The second-order valence-electron chi connectivity index (χ2n) is 8.11. The number of hydrogen-bond donors (Lipinski definition) is 4. The summed E-state index contributed by atoms with van der Waals surface area (Å²) in [4.78, 5) is 27.7. The molecule has 8 nitrogen and oxygen atoms in total. The molecular formula is C24H35N5O3S. The number of urea groups is 1. The molecule has 1 aliphatic heterocycles. The van der Waals surface area contributed by atoms with Gasteiger partial charge < -0.3 is 26.0 Å². The molecule has 2 aromatic rings. The van der Waals surface area contributed by atoms with Gasteiger partial charge >= 0.3 is 6.03 Å². The van der Waals surface area contributed by atoms with Gasteiger partial charge in [0.15, 0.2) is 0 Å². The van der Waals surface area contributed by atoms with Crippen molar-refractivity contribution in [1.82, 2.24) is 15.5 Å². The van der Waals surface area contributed by atoms with Crippen LogP contribution in [0.5, 0.6) is 5.75 Å². The topological polar surface area (TPSA) is 109 Å². The molecule has 2 heterocycles. The molecule has 1 unspecified atom stereocenters. The number of thiophene rings is 1. The Balaban J connectivity index is 1.70. The fraction of sp³-hybridized carbons (Fsp3) is 0.500. The zero-order valence-corrected chi connectivity index (χ0v) is 20.3. The van der Waals surface area contributed by atoms with Gasteiger partial charge in [-0.25, -0.2) is 4.79 Å². The minimum atomic E-state index is -0.689. The third-order valence-electron chi connectivity index (χ3n) is 5.81. The minimum Gasteiger partial charge on any atom is -0.492 e. The molecule has 0 bridgehead atoms. The van der Waals surface area contributed by atoms with E-state index in [1.165, 1.54) is 11.3 Å². The number of benzene rings is 1. The van der Waals surface area contributed by atoms with E-state index >= 15 is 0 Å². The molecule has 180 valence electrons. The van der Waals surface area contributed by atoms with Gasteiger partial charge in [0.2, 0.25) is 0 Å². The lowest BCUT2D eigenvalue weighted by atomic mass is 10.1. The van der Waals surface area contributed by atoms with Crippen molar-refractivity contribution in [2.24, 2.45) is 5.73 Å². The second kappa shape index (κ2) is 12.6. The molecule has 1 saturated heterocycles. The Morgan fingerprint density at radius 3 is 2.67 bits per heavy atom. The van der Waals surface area contributed by atoms with Gasteiger partial charge in [0, 0.05) is 24.0 Å². The summed E-state index contributed by atoms with van der Waals surface area (Å²) in [6.07, 6.45) is 3.12. The summed E-state index contributed by atoms with van der Waals surface area (Å²) < 4.78 is 5.86. The number of nitrogens with two attached hydrogens (primary N) is 1. The van der Waals surface area contributed by atoms with E-state index in [-0.39, 0.29) is 11.9 Å². The summed E-state index contributed by atoms with van der Waals surface area (Å²) in [5.41, 5.74) is 6.72. The van der Waals surface area contributed by atoms with Crippen molar-refractivity contribution in [3.8, 4) is 16.2 Å². The Labute approximate surface area is 199 Å². The van der Waals surface area contributed by atoms with Crippen LogP contribution in [0.1, 0.15) is 43.5 Å². The number of carbonyl (C=O) groups is 2. The first kappa shape index (κ1) is 25.0. The van der Waals surface area contributed by atoms with Gasteiger partial charge in [0.1, 0.15) is 17.4 Å². The number of likely N-dealkylation sites (N-methyl/N-ethyl adjacent to an activating group) is 1. The Bertz CT molecular complexity index is 903. The summed E-state index contributed by atoms with van der Waals surface area (Å²) >= 11 is 1.33. The summed E-state index contributed by atoms with van der Waals surface area (Å²) in [7, 11) is 0. The predicted molar refractivity (Wildman–Crippen MR) is 134 cm³/mol. The number of primary amides is 1. The van der Waals surface area contributed by atoms with Crippen LogP contribution in [0, 0.1) is 0 Å². The van der Waals surface area contributed by atoms with Crippen molar-refractivity contribution in [3.63, 3.8) is 0 Å². The van der Waals surface area contributed by atoms with Gasteiger partial charge in [-0.3, -0.25) is 10.1 Å². The average Bonchev–Trinajstić information content (AvgIpc) is 3.04. The third kappa shape index (κ3) is 7.45. The van der Waals surface area contributed by atoms with Crippen molar-refractivity contribution in [2.75, 3.05) is 44.6 Å². The van der Waals surface area contributed by atoms with Gasteiger partial charge in [-0.2, -0.15) is 0 Å². The Morgan fingerprint density at radius 1 is 1.21 bits per heavy atom. The molecule has 0 radical (unpaired) electrons. The largest absolute Gasteiger partial charge is 0.492 e. The molecule has 3 amide bonds. The minimum absolute atomic E-state index is 0.0672. The van der Waals surface area contributed by atoms with E-state index in [0.717, 1.165) is 68.2 Å². The van der Waals surface area contributed by atoms with Crippen LogP contribution in [-0.4, -0.2) is 62.2 Å². The van der Waals surface area contributed by atoms with Crippen LogP contribution in [0.4, 0.5) is 9.80 Å². The number of amides is 3. The summed E-state index contributed by atoms with van der Waals surface area (Å²) in [6, 6.07) is 8.96. The number of hydrogen-bond acceptors (Lipinski definition) is 6. The highest BCUT2D eigenvalue weighted by atomic mass is 32.1. The van der Waals surface area contributed by atoms with E-state index in [2.05, 4.69) is 34.7 Å². The third-order valence-corrected chi connectivity index (χ3v) is 6.90. The normalized spacial score (nSPS) is 16.3. The maximum Gasteiger partial charge on any atom is 0.317 e. The lowest BCUT2D eigenvalue weighted by molar-refractivity contribution is 0.0937.